The first-order valence-corrected chi connectivity index (χ1v) is 10.6. The molecule has 11 heteroatoms. The second kappa shape index (κ2) is 9.05. The van der Waals surface area contributed by atoms with Gasteiger partial charge in [-0.3, -0.25) is 15.4 Å². The van der Waals surface area contributed by atoms with Gasteiger partial charge in [-0.15, -0.1) is 0 Å². The van der Waals surface area contributed by atoms with Crippen LogP contribution in [0.3, 0.4) is 0 Å². The van der Waals surface area contributed by atoms with E-state index < -0.39 is 0 Å². The van der Waals surface area contributed by atoms with Crippen LogP contribution in [0, 0.1) is 10.8 Å². The van der Waals surface area contributed by atoms with Gasteiger partial charge in [-0.05, 0) is 13.8 Å². The molecule has 0 saturated carbocycles. The van der Waals surface area contributed by atoms with Gasteiger partial charge in [0.25, 0.3) is 0 Å². The number of rotatable bonds is 6. The van der Waals surface area contributed by atoms with Gasteiger partial charge in [-0.2, -0.15) is 0 Å². The van der Waals surface area contributed by atoms with E-state index in [9.17, 15) is 0 Å². The fourth-order valence-corrected chi connectivity index (χ4v) is 3.95. The Labute approximate surface area is 186 Å². The molecular weight excluding hydrogens is 410 g/mol. The number of aromatic nitrogens is 5. The third kappa shape index (κ3) is 3.96. The first kappa shape index (κ1) is 21.9. The van der Waals surface area contributed by atoms with E-state index >= 15 is 0 Å². The topological polar surface area (TPSA) is 130 Å². The zero-order chi connectivity index (χ0) is 22.8. The summed E-state index contributed by atoms with van der Waals surface area (Å²) < 4.78 is 14.5. The lowest BCUT2D eigenvalue weighted by molar-refractivity contribution is 0.122. The van der Waals surface area contributed by atoms with Gasteiger partial charge < -0.3 is 24.3 Å². The second-order valence-electron chi connectivity index (χ2n) is 7.77. The summed E-state index contributed by atoms with van der Waals surface area (Å²) in [5.74, 6) is 2.11. The largest absolute Gasteiger partial charge is 0.383 e. The maximum absolute atomic E-state index is 8.31. The van der Waals surface area contributed by atoms with Crippen molar-refractivity contribution in [3.05, 3.63) is 23.9 Å². The van der Waals surface area contributed by atoms with Gasteiger partial charge in [0.2, 0.25) is 0 Å². The molecule has 4 rings (SSSR count). The highest BCUT2D eigenvalue weighted by Gasteiger charge is 2.22. The van der Waals surface area contributed by atoms with Gasteiger partial charge >= 0.3 is 0 Å². The summed E-state index contributed by atoms with van der Waals surface area (Å²) in [6.45, 7) is 7.15. The number of morpholine rings is 1. The lowest BCUT2D eigenvalue weighted by Gasteiger charge is -2.28. The van der Waals surface area contributed by atoms with Crippen molar-refractivity contribution in [2.45, 2.75) is 19.9 Å². The van der Waals surface area contributed by atoms with Crippen LogP contribution in [-0.2, 0) is 9.47 Å². The minimum Gasteiger partial charge on any atom is -0.383 e. The zero-order valence-electron chi connectivity index (χ0n) is 18.8. The summed E-state index contributed by atoms with van der Waals surface area (Å²) in [6.07, 6.45) is 3.46. The quantitative estimate of drug-likeness (QED) is 0.394. The number of pyridine rings is 1. The van der Waals surface area contributed by atoms with Gasteiger partial charge in [0, 0.05) is 39.5 Å². The number of nitrogens with zero attached hydrogens (tertiary/aromatic N) is 6. The normalized spacial score (nSPS) is 15.2. The van der Waals surface area contributed by atoms with Crippen LogP contribution in [0.15, 0.2) is 18.5 Å². The maximum atomic E-state index is 8.31. The van der Waals surface area contributed by atoms with E-state index in [2.05, 4.69) is 37.7 Å². The number of fused-ring (bicyclic) bond motifs is 1. The third-order valence-corrected chi connectivity index (χ3v) is 5.52. The summed E-state index contributed by atoms with van der Waals surface area (Å²) in [6, 6.07) is 2.03. The number of hydrogen-bond donors (Lipinski definition) is 3. The van der Waals surface area contributed by atoms with Crippen molar-refractivity contribution in [3.8, 4) is 11.5 Å². The number of hydrogen-bond acceptors (Lipinski definition) is 9. The molecule has 1 saturated heterocycles. The van der Waals surface area contributed by atoms with E-state index in [1.165, 1.54) is 4.57 Å². The lowest BCUT2D eigenvalue weighted by Crippen LogP contribution is -2.36. The minimum absolute atomic E-state index is 0.0232. The first-order valence-electron chi connectivity index (χ1n) is 10.6. The standard InChI is InChI=1S/C21H29N9O2/c1-13(12-31-4)30-17-9-18(28-5-7-32-8-6-28)25-10-15(17)27-21(30)16-11-29(14(2)22)19(23)20(24-3)26-16/h9-11,13,22-23H,5-8,12H2,1-4H3,(H,24,26)/t13-/m0/s1. The molecule has 0 radical (unpaired) electrons. The van der Waals surface area contributed by atoms with Crippen molar-refractivity contribution in [1.82, 2.24) is 24.1 Å². The Morgan fingerprint density at radius 1 is 1.31 bits per heavy atom. The fourth-order valence-electron chi connectivity index (χ4n) is 3.95. The van der Waals surface area contributed by atoms with E-state index in [-0.39, 0.29) is 17.4 Å². The number of imidazole rings is 1. The molecule has 4 heterocycles. The van der Waals surface area contributed by atoms with Gasteiger partial charge in [-0.25, -0.2) is 15.0 Å². The molecule has 1 fully saturated rings. The first-order chi connectivity index (χ1) is 15.4. The Kier molecular flexibility index (Phi) is 6.19. The molecule has 3 aromatic rings. The molecule has 32 heavy (non-hydrogen) atoms. The van der Waals surface area contributed by atoms with E-state index in [0.717, 1.165) is 29.9 Å². The van der Waals surface area contributed by atoms with Crippen LogP contribution in [-0.4, -0.2) is 77.0 Å². The van der Waals surface area contributed by atoms with Crippen molar-refractivity contribution in [1.29, 1.82) is 10.8 Å². The molecule has 1 aliphatic rings. The molecule has 3 aromatic heterocycles. The van der Waals surface area contributed by atoms with Crippen molar-refractivity contribution >= 4 is 28.5 Å². The number of nitrogens with one attached hydrogen (secondary N) is 3. The Bertz CT molecular complexity index is 1190. The molecule has 1 atom stereocenters. The smallest absolute Gasteiger partial charge is 0.173 e. The minimum atomic E-state index is -0.0232. The molecule has 170 valence electrons. The van der Waals surface area contributed by atoms with Crippen LogP contribution in [0.4, 0.5) is 11.6 Å². The Morgan fingerprint density at radius 2 is 2.06 bits per heavy atom. The van der Waals surface area contributed by atoms with E-state index in [1.54, 1.807) is 33.5 Å². The van der Waals surface area contributed by atoms with Crippen LogP contribution in [0.25, 0.3) is 22.6 Å². The van der Waals surface area contributed by atoms with Crippen LogP contribution in [0.1, 0.15) is 19.9 Å². The highest BCUT2D eigenvalue weighted by molar-refractivity contribution is 5.83. The Morgan fingerprint density at radius 3 is 2.72 bits per heavy atom. The molecule has 0 unspecified atom stereocenters. The van der Waals surface area contributed by atoms with Gasteiger partial charge in [0.15, 0.2) is 17.1 Å². The van der Waals surface area contributed by atoms with Gasteiger partial charge in [0.05, 0.1) is 37.6 Å². The highest BCUT2D eigenvalue weighted by Crippen LogP contribution is 2.30. The number of ether oxygens (including phenoxy) is 2. The average Bonchev–Trinajstić information content (AvgIpc) is 3.18. The Balaban J connectivity index is 1.93. The highest BCUT2D eigenvalue weighted by atomic mass is 16.5. The number of anilines is 2. The predicted octanol–water partition coefficient (Wildman–Crippen LogP) is 1.71. The van der Waals surface area contributed by atoms with E-state index in [4.69, 9.17) is 25.3 Å². The summed E-state index contributed by atoms with van der Waals surface area (Å²) in [5, 5.41) is 19.3. The molecule has 0 bridgehead atoms. The summed E-state index contributed by atoms with van der Waals surface area (Å²) in [5.41, 5.74) is 2.36. The molecule has 1 aliphatic heterocycles. The lowest BCUT2D eigenvalue weighted by atomic mass is 10.3. The van der Waals surface area contributed by atoms with Crippen molar-refractivity contribution in [2.75, 3.05) is 57.3 Å². The molecule has 0 amide bonds. The monoisotopic (exact) mass is 439 g/mol. The van der Waals surface area contributed by atoms with Crippen molar-refractivity contribution in [2.24, 2.45) is 0 Å². The molecule has 0 aromatic carbocycles. The van der Waals surface area contributed by atoms with E-state index in [0.29, 0.717) is 37.2 Å². The van der Waals surface area contributed by atoms with Gasteiger partial charge in [0.1, 0.15) is 22.9 Å². The maximum Gasteiger partial charge on any atom is 0.173 e. The molecule has 0 aliphatic carbocycles. The molecule has 0 spiro atoms. The van der Waals surface area contributed by atoms with Crippen LogP contribution in [0.2, 0.25) is 0 Å². The number of methoxy groups -OCH3 is 1. The van der Waals surface area contributed by atoms with Crippen molar-refractivity contribution < 1.29 is 9.47 Å². The summed E-state index contributed by atoms with van der Waals surface area (Å²) in [7, 11) is 3.39. The fraction of sp³-hybridized carbons (Fsp3) is 0.476. The summed E-state index contributed by atoms with van der Waals surface area (Å²) >= 11 is 0. The SMILES string of the molecule is CNc1nc(-c2nc3cnc(N4CCOCC4)cc3n2[C@@H](C)COC)cn(C(C)=N)c1=N. The zero-order valence-corrected chi connectivity index (χ0v) is 18.8. The second-order valence-corrected chi connectivity index (χ2v) is 7.77. The molecule has 3 N–H and O–H groups in total. The van der Waals surface area contributed by atoms with Crippen LogP contribution in [0.5, 0.6) is 0 Å². The summed E-state index contributed by atoms with van der Waals surface area (Å²) in [4.78, 5) is 16.3. The Hall–Kier alpha value is -3.31. The predicted molar refractivity (Wildman–Crippen MR) is 123 cm³/mol. The average molecular weight is 440 g/mol. The third-order valence-electron chi connectivity index (χ3n) is 5.52. The van der Waals surface area contributed by atoms with Crippen LogP contribution >= 0.6 is 0 Å². The van der Waals surface area contributed by atoms with E-state index in [1.807, 2.05) is 0 Å². The van der Waals surface area contributed by atoms with Gasteiger partial charge in [-0.1, -0.05) is 0 Å². The van der Waals surface area contributed by atoms with Crippen LogP contribution < -0.4 is 15.7 Å². The van der Waals surface area contributed by atoms with Crippen molar-refractivity contribution in [3.63, 3.8) is 0 Å². The molecule has 11 nitrogen and oxygen atoms in total. The molecular formula is C21H29N9O2.